The van der Waals surface area contributed by atoms with E-state index in [1.54, 1.807) is 0 Å². The summed E-state index contributed by atoms with van der Waals surface area (Å²) in [6, 6.07) is 1.34. The molecule has 1 heterocycles. The predicted molar refractivity (Wildman–Crippen MR) is 75.3 cm³/mol. The van der Waals surface area contributed by atoms with E-state index in [0.717, 1.165) is 12.6 Å². The summed E-state index contributed by atoms with van der Waals surface area (Å²) in [5.41, 5.74) is 5.95. The molecule has 1 aliphatic heterocycles. The van der Waals surface area contributed by atoms with Gasteiger partial charge >= 0.3 is 0 Å². The van der Waals surface area contributed by atoms with Gasteiger partial charge in [0.2, 0.25) is 0 Å². The van der Waals surface area contributed by atoms with E-state index < -0.39 is 0 Å². The molecule has 2 unspecified atom stereocenters. The Kier molecular flexibility index (Phi) is 7.09. The third-order valence-corrected chi connectivity index (χ3v) is 4.21. The monoisotopic (exact) mass is 241 g/mol. The zero-order valence-electron chi connectivity index (χ0n) is 12.0. The van der Waals surface area contributed by atoms with Crippen LogP contribution in [0.15, 0.2) is 0 Å². The van der Waals surface area contributed by atoms with Gasteiger partial charge in [0.15, 0.2) is 0 Å². The van der Waals surface area contributed by atoms with Crippen LogP contribution in [-0.2, 0) is 0 Å². The number of unbranched alkanes of at least 4 members (excludes halogenated alkanes) is 2. The maximum atomic E-state index is 5.95. The molecule has 1 aliphatic rings. The molecule has 3 heteroatoms. The van der Waals surface area contributed by atoms with Crippen molar-refractivity contribution >= 4 is 0 Å². The molecule has 3 nitrogen and oxygen atoms in total. The third kappa shape index (κ3) is 4.57. The fourth-order valence-electron chi connectivity index (χ4n) is 2.82. The Bertz CT molecular complexity index is 196. The van der Waals surface area contributed by atoms with Gasteiger partial charge in [0.1, 0.15) is 0 Å². The summed E-state index contributed by atoms with van der Waals surface area (Å²) in [4.78, 5) is 5.12. The first-order chi connectivity index (χ1) is 8.22. The van der Waals surface area contributed by atoms with Gasteiger partial charge in [-0.2, -0.15) is 0 Å². The molecular weight excluding hydrogens is 210 g/mol. The SMILES string of the molecule is CCCCCC(CN)N1CCN(C)C(CC)C1. The molecule has 0 aromatic carbocycles. The minimum absolute atomic E-state index is 0.615. The summed E-state index contributed by atoms with van der Waals surface area (Å²) in [7, 11) is 2.25. The first-order valence-corrected chi connectivity index (χ1v) is 7.37. The van der Waals surface area contributed by atoms with E-state index >= 15 is 0 Å². The molecule has 17 heavy (non-hydrogen) atoms. The zero-order chi connectivity index (χ0) is 12.7. The molecule has 102 valence electrons. The molecule has 0 aromatic heterocycles. The summed E-state index contributed by atoms with van der Waals surface area (Å²) >= 11 is 0. The van der Waals surface area contributed by atoms with Gasteiger partial charge in [-0.25, -0.2) is 0 Å². The van der Waals surface area contributed by atoms with Crippen LogP contribution in [-0.4, -0.2) is 55.1 Å². The number of likely N-dealkylation sites (N-methyl/N-ethyl adjacent to an activating group) is 1. The second-order valence-corrected chi connectivity index (χ2v) is 5.42. The number of hydrogen-bond acceptors (Lipinski definition) is 3. The largest absolute Gasteiger partial charge is 0.329 e. The van der Waals surface area contributed by atoms with Gasteiger partial charge in [-0.05, 0) is 19.9 Å². The fourth-order valence-corrected chi connectivity index (χ4v) is 2.82. The first-order valence-electron chi connectivity index (χ1n) is 7.37. The van der Waals surface area contributed by atoms with Gasteiger partial charge in [-0.3, -0.25) is 4.90 Å². The van der Waals surface area contributed by atoms with Crippen LogP contribution in [0, 0.1) is 0 Å². The minimum Gasteiger partial charge on any atom is -0.329 e. The number of hydrogen-bond donors (Lipinski definition) is 1. The van der Waals surface area contributed by atoms with E-state index in [2.05, 4.69) is 30.7 Å². The van der Waals surface area contributed by atoms with Gasteiger partial charge in [0.05, 0.1) is 0 Å². The quantitative estimate of drug-likeness (QED) is 0.691. The topological polar surface area (TPSA) is 32.5 Å². The molecule has 0 aliphatic carbocycles. The van der Waals surface area contributed by atoms with Crippen LogP contribution in [0.2, 0.25) is 0 Å². The lowest BCUT2D eigenvalue weighted by Gasteiger charge is -2.42. The van der Waals surface area contributed by atoms with E-state index in [1.807, 2.05) is 0 Å². The third-order valence-electron chi connectivity index (χ3n) is 4.21. The molecule has 0 aromatic rings. The number of rotatable bonds is 7. The van der Waals surface area contributed by atoms with E-state index in [1.165, 1.54) is 51.7 Å². The normalized spacial score (nSPS) is 25.1. The molecular formula is C14H31N3. The highest BCUT2D eigenvalue weighted by Gasteiger charge is 2.26. The average Bonchev–Trinajstić information content (AvgIpc) is 2.36. The summed E-state index contributed by atoms with van der Waals surface area (Å²) in [5, 5.41) is 0. The van der Waals surface area contributed by atoms with Gasteiger partial charge < -0.3 is 10.6 Å². The molecule has 0 radical (unpaired) electrons. The van der Waals surface area contributed by atoms with E-state index in [9.17, 15) is 0 Å². The van der Waals surface area contributed by atoms with Gasteiger partial charge in [-0.1, -0.05) is 33.1 Å². The Labute approximate surface area is 107 Å². The van der Waals surface area contributed by atoms with Crippen molar-refractivity contribution in [1.82, 2.24) is 9.80 Å². The Balaban J connectivity index is 2.40. The van der Waals surface area contributed by atoms with Crippen molar-refractivity contribution < 1.29 is 0 Å². The minimum atomic E-state index is 0.615. The predicted octanol–water partition coefficient (Wildman–Crippen LogP) is 1.92. The molecule has 0 bridgehead atoms. The van der Waals surface area contributed by atoms with E-state index in [0.29, 0.717) is 6.04 Å². The smallest absolute Gasteiger partial charge is 0.0219 e. The van der Waals surface area contributed by atoms with Gasteiger partial charge in [-0.15, -0.1) is 0 Å². The van der Waals surface area contributed by atoms with Crippen molar-refractivity contribution in [3.63, 3.8) is 0 Å². The molecule has 1 rings (SSSR count). The second-order valence-electron chi connectivity index (χ2n) is 5.42. The molecule has 0 saturated carbocycles. The second kappa shape index (κ2) is 8.06. The molecule has 1 saturated heterocycles. The molecule has 0 amide bonds. The van der Waals surface area contributed by atoms with Crippen LogP contribution < -0.4 is 5.73 Å². The highest BCUT2D eigenvalue weighted by atomic mass is 15.3. The molecule has 2 atom stereocenters. The van der Waals surface area contributed by atoms with Crippen molar-refractivity contribution in [1.29, 1.82) is 0 Å². The van der Waals surface area contributed by atoms with Crippen molar-refractivity contribution in [3.8, 4) is 0 Å². The highest BCUT2D eigenvalue weighted by molar-refractivity contribution is 4.84. The summed E-state index contributed by atoms with van der Waals surface area (Å²) in [6.45, 7) is 8.98. The van der Waals surface area contributed by atoms with Crippen LogP contribution in [0.25, 0.3) is 0 Å². The van der Waals surface area contributed by atoms with Gasteiger partial charge in [0.25, 0.3) is 0 Å². The molecule has 2 N–H and O–H groups in total. The molecule has 1 fully saturated rings. The van der Waals surface area contributed by atoms with Crippen molar-refractivity contribution in [2.75, 3.05) is 33.2 Å². The van der Waals surface area contributed by atoms with E-state index in [-0.39, 0.29) is 0 Å². The van der Waals surface area contributed by atoms with Crippen LogP contribution in [0.1, 0.15) is 46.0 Å². The lowest BCUT2D eigenvalue weighted by molar-refractivity contribution is 0.0611. The lowest BCUT2D eigenvalue weighted by Crippen LogP contribution is -2.55. The Morgan fingerprint density at radius 2 is 2.00 bits per heavy atom. The van der Waals surface area contributed by atoms with Crippen molar-refractivity contribution in [2.45, 2.75) is 58.0 Å². The number of nitrogens with zero attached hydrogens (tertiary/aromatic N) is 2. The van der Waals surface area contributed by atoms with Crippen LogP contribution in [0.3, 0.4) is 0 Å². The first kappa shape index (κ1) is 14.9. The lowest BCUT2D eigenvalue weighted by atomic mass is 10.0. The van der Waals surface area contributed by atoms with Crippen molar-refractivity contribution in [2.24, 2.45) is 5.73 Å². The average molecular weight is 241 g/mol. The summed E-state index contributed by atoms with van der Waals surface area (Å²) in [5.74, 6) is 0. The van der Waals surface area contributed by atoms with Gasteiger partial charge in [0, 0.05) is 38.3 Å². The number of piperazine rings is 1. The van der Waals surface area contributed by atoms with Crippen LogP contribution >= 0.6 is 0 Å². The van der Waals surface area contributed by atoms with Crippen LogP contribution in [0.5, 0.6) is 0 Å². The zero-order valence-corrected chi connectivity index (χ0v) is 12.0. The molecule has 0 spiro atoms. The van der Waals surface area contributed by atoms with Crippen LogP contribution in [0.4, 0.5) is 0 Å². The maximum Gasteiger partial charge on any atom is 0.0219 e. The Hall–Kier alpha value is -0.120. The summed E-state index contributed by atoms with van der Waals surface area (Å²) in [6.07, 6.45) is 6.52. The summed E-state index contributed by atoms with van der Waals surface area (Å²) < 4.78 is 0. The Morgan fingerprint density at radius 1 is 1.24 bits per heavy atom. The number of nitrogens with two attached hydrogens (primary N) is 1. The standard InChI is InChI=1S/C14H31N3/c1-4-6-7-8-14(11-15)17-10-9-16(3)13(5-2)12-17/h13-14H,4-12,15H2,1-3H3. The maximum absolute atomic E-state index is 5.95. The Morgan fingerprint density at radius 3 is 2.59 bits per heavy atom. The fraction of sp³-hybridized carbons (Fsp3) is 1.00. The highest BCUT2D eigenvalue weighted by Crippen LogP contribution is 2.16. The van der Waals surface area contributed by atoms with Crippen molar-refractivity contribution in [3.05, 3.63) is 0 Å². The van der Waals surface area contributed by atoms with E-state index in [4.69, 9.17) is 5.73 Å².